The number of benzene rings is 1. The van der Waals surface area contributed by atoms with E-state index in [1.165, 1.54) is 6.07 Å². The van der Waals surface area contributed by atoms with Crippen LogP contribution in [-0.2, 0) is 11.0 Å². The molecule has 1 fully saturated rings. The first-order valence-electron chi connectivity index (χ1n) is 8.83. The van der Waals surface area contributed by atoms with E-state index in [4.69, 9.17) is 11.6 Å². The van der Waals surface area contributed by atoms with E-state index in [0.29, 0.717) is 42.7 Å². The predicted octanol–water partition coefficient (Wildman–Crippen LogP) is 3.90. The lowest BCUT2D eigenvalue weighted by Gasteiger charge is -2.38. The summed E-state index contributed by atoms with van der Waals surface area (Å²) in [6.45, 7) is 4.19. The van der Waals surface area contributed by atoms with E-state index < -0.39 is 11.7 Å². The van der Waals surface area contributed by atoms with Gasteiger partial charge in [-0.3, -0.25) is 9.69 Å². The van der Waals surface area contributed by atoms with Crippen LogP contribution in [0.1, 0.15) is 12.5 Å². The van der Waals surface area contributed by atoms with Gasteiger partial charge in [-0.1, -0.05) is 17.7 Å². The Bertz CT molecular complexity index is 821. The van der Waals surface area contributed by atoms with Gasteiger partial charge in [-0.05, 0) is 37.3 Å². The fourth-order valence-corrected chi connectivity index (χ4v) is 3.25. The van der Waals surface area contributed by atoms with Gasteiger partial charge in [0.05, 0.1) is 11.6 Å². The van der Waals surface area contributed by atoms with Gasteiger partial charge in [-0.2, -0.15) is 13.2 Å². The van der Waals surface area contributed by atoms with Crippen molar-refractivity contribution >= 4 is 29.0 Å². The predicted molar refractivity (Wildman–Crippen MR) is 103 cm³/mol. The summed E-state index contributed by atoms with van der Waals surface area (Å²) in [5.74, 6) is 0.368. The zero-order chi connectivity index (χ0) is 20.3. The van der Waals surface area contributed by atoms with E-state index in [0.717, 1.165) is 12.3 Å². The summed E-state index contributed by atoms with van der Waals surface area (Å²) in [4.78, 5) is 20.4. The number of amides is 1. The summed E-state index contributed by atoms with van der Waals surface area (Å²) in [6, 6.07) is 9.02. The number of carbonyl (C=O) groups excluding carboxylic acids is 1. The molecule has 9 heteroatoms. The van der Waals surface area contributed by atoms with Crippen molar-refractivity contribution in [2.24, 2.45) is 0 Å². The summed E-state index contributed by atoms with van der Waals surface area (Å²) in [5, 5.41) is 3.39. The van der Waals surface area contributed by atoms with Crippen LogP contribution in [0.25, 0.3) is 0 Å². The third-order valence-corrected chi connectivity index (χ3v) is 4.97. The number of aromatic nitrogens is 1. The summed E-state index contributed by atoms with van der Waals surface area (Å²) in [5.41, 5.74) is -0.127. The standard InChI is InChI=1S/C19H20ClF3N4O/c1-13(18(28)25-16-4-2-3-15(20)11-16)26-7-9-27(10-8-26)17-6-5-14(12-24-17)19(21,22)23/h2-6,11-13H,7-10H2,1H3,(H,25,28). The van der Waals surface area contributed by atoms with Gasteiger partial charge in [0.1, 0.15) is 5.82 Å². The van der Waals surface area contributed by atoms with Crippen molar-refractivity contribution in [3.05, 3.63) is 53.2 Å². The molecule has 1 amide bonds. The van der Waals surface area contributed by atoms with Crippen LogP contribution in [0.3, 0.4) is 0 Å². The molecule has 1 saturated heterocycles. The number of hydrogen-bond donors (Lipinski definition) is 1. The topological polar surface area (TPSA) is 48.5 Å². The van der Waals surface area contributed by atoms with Gasteiger partial charge in [-0.25, -0.2) is 4.98 Å². The number of nitrogens with one attached hydrogen (secondary N) is 1. The van der Waals surface area contributed by atoms with Crippen LogP contribution in [0.15, 0.2) is 42.6 Å². The molecule has 2 heterocycles. The van der Waals surface area contributed by atoms with Gasteiger partial charge < -0.3 is 10.2 Å². The Balaban J connectivity index is 1.55. The summed E-state index contributed by atoms with van der Waals surface area (Å²) < 4.78 is 38.0. The Morgan fingerprint density at radius 3 is 2.46 bits per heavy atom. The number of rotatable bonds is 4. The number of anilines is 2. The van der Waals surface area contributed by atoms with E-state index >= 15 is 0 Å². The van der Waals surface area contributed by atoms with Gasteiger partial charge in [0.2, 0.25) is 5.91 Å². The highest BCUT2D eigenvalue weighted by atomic mass is 35.5. The number of halogens is 4. The molecular weight excluding hydrogens is 393 g/mol. The molecule has 1 N–H and O–H groups in total. The van der Waals surface area contributed by atoms with Crippen molar-refractivity contribution in [3.8, 4) is 0 Å². The molecule has 5 nitrogen and oxygen atoms in total. The third-order valence-electron chi connectivity index (χ3n) is 4.73. The van der Waals surface area contributed by atoms with Gasteiger partial charge in [0.15, 0.2) is 0 Å². The Morgan fingerprint density at radius 1 is 1.18 bits per heavy atom. The lowest BCUT2D eigenvalue weighted by Crippen LogP contribution is -2.53. The molecule has 0 aliphatic carbocycles. The third kappa shape index (κ3) is 4.94. The Labute approximate surface area is 166 Å². The monoisotopic (exact) mass is 412 g/mol. The van der Waals surface area contributed by atoms with Gasteiger partial charge in [0, 0.05) is 43.1 Å². The Morgan fingerprint density at radius 2 is 1.89 bits per heavy atom. The smallest absolute Gasteiger partial charge is 0.354 e. The lowest BCUT2D eigenvalue weighted by molar-refractivity contribution is -0.137. The van der Waals surface area contributed by atoms with Crippen molar-refractivity contribution in [2.75, 3.05) is 36.4 Å². The fourth-order valence-electron chi connectivity index (χ4n) is 3.06. The maximum atomic E-state index is 12.7. The second-order valence-electron chi connectivity index (χ2n) is 6.60. The zero-order valence-electron chi connectivity index (χ0n) is 15.2. The molecule has 0 bridgehead atoms. The SMILES string of the molecule is CC(C(=O)Nc1cccc(Cl)c1)N1CCN(c2ccc(C(F)(F)F)cn2)CC1. The molecule has 2 aromatic rings. The van der Waals surface area contributed by atoms with Crippen molar-refractivity contribution in [1.82, 2.24) is 9.88 Å². The molecule has 0 spiro atoms. The number of piperazine rings is 1. The van der Waals surface area contributed by atoms with Crippen molar-refractivity contribution < 1.29 is 18.0 Å². The van der Waals surface area contributed by atoms with E-state index in [1.807, 2.05) is 16.7 Å². The maximum absolute atomic E-state index is 12.7. The first-order chi connectivity index (χ1) is 13.2. The second-order valence-corrected chi connectivity index (χ2v) is 7.04. The Hall–Kier alpha value is -2.32. The molecule has 1 aliphatic heterocycles. The van der Waals surface area contributed by atoms with E-state index in [-0.39, 0.29) is 11.9 Å². The molecule has 1 aliphatic rings. The van der Waals surface area contributed by atoms with Crippen LogP contribution in [-0.4, -0.2) is 48.0 Å². The average Bonchev–Trinajstić information content (AvgIpc) is 2.67. The Kier molecular flexibility index (Phi) is 6.10. The van der Waals surface area contributed by atoms with Gasteiger partial charge >= 0.3 is 6.18 Å². The fraction of sp³-hybridized carbons (Fsp3) is 0.368. The van der Waals surface area contributed by atoms with E-state index in [1.54, 1.807) is 24.3 Å². The molecule has 150 valence electrons. The van der Waals surface area contributed by atoms with Crippen LogP contribution < -0.4 is 10.2 Å². The highest BCUT2D eigenvalue weighted by molar-refractivity contribution is 6.30. The number of nitrogens with zero attached hydrogens (tertiary/aromatic N) is 3. The summed E-state index contributed by atoms with van der Waals surface area (Å²) in [6.07, 6.45) is -3.54. The van der Waals surface area contributed by atoms with E-state index in [2.05, 4.69) is 10.3 Å². The molecule has 1 unspecified atom stereocenters. The van der Waals surface area contributed by atoms with E-state index in [9.17, 15) is 18.0 Å². The van der Waals surface area contributed by atoms with Crippen molar-refractivity contribution in [1.29, 1.82) is 0 Å². The number of hydrogen-bond acceptors (Lipinski definition) is 4. The second kappa shape index (κ2) is 8.36. The zero-order valence-corrected chi connectivity index (χ0v) is 16.0. The molecular formula is C19H20ClF3N4O. The van der Waals surface area contributed by atoms with Crippen LogP contribution in [0.2, 0.25) is 5.02 Å². The van der Waals surface area contributed by atoms with Crippen LogP contribution in [0.4, 0.5) is 24.7 Å². The van der Waals surface area contributed by atoms with Crippen molar-refractivity contribution in [3.63, 3.8) is 0 Å². The molecule has 0 radical (unpaired) electrons. The lowest BCUT2D eigenvalue weighted by atomic mass is 10.2. The highest BCUT2D eigenvalue weighted by Gasteiger charge is 2.31. The largest absolute Gasteiger partial charge is 0.417 e. The number of carbonyl (C=O) groups is 1. The van der Waals surface area contributed by atoms with Gasteiger partial charge in [0.25, 0.3) is 0 Å². The molecule has 1 aromatic carbocycles. The quantitative estimate of drug-likeness (QED) is 0.827. The maximum Gasteiger partial charge on any atom is 0.417 e. The minimum Gasteiger partial charge on any atom is -0.354 e. The van der Waals surface area contributed by atoms with Crippen LogP contribution >= 0.6 is 11.6 Å². The number of alkyl halides is 3. The molecule has 1 aromatic heterocycles. The first-order valence-corrected chi connectivity index (χ1v) is 9.20. The summed E-state index contributed by atoms with van der Waals surface area (Å²) in [7, 11) is 0. The first kappa shape index (κ1) is 20.4. The normalized spacial score (nSPS) is 16.7. The summed E-state index contributed by atoms with van der Waals surface area (Å²) >= 11 is 5.93. The minimum absolute atomic E-state index is 0.136. The van der Waals surface area contributed by atoms with Crippen LogP contribution in [0.5, 0.6) is 0 Å². The number of pyridine rings is 1. The average molecular weight is 413 g/mol. The minimum atomic E-state index is -4.39. The molecule has 3 rings (SSSR count). The molecule has 28 heavy (non-hydrogen) atoms. The highest BCUT2D eigenvalue weighted by Crippen LogP contribution is 2.29. The molecule has 0 saturated carbocycles. The van der Waals surface area contributed by atoms with Crippen LogP contribution in [0, 0.1) is 0 Å². The molecule has 1 atom stereocenters. The van der Waals surface area contributed by atoms with Gasteiger partial charge in [-0.15, -0.1) is 0 Å². The van der Waals surface area contributed by atoms with Crippen molar-refractivity contribution in [2.45, 2.75) is 19.1 Å².